The fourth-order valence-electron chi connectivity index (χ4n) is 0.172. The van der Waals surface area contributed by atoms with Gasteiger partial charge in [0, 0.05) is 6.54 Å². The van der Waals surface area contributed by atoms with E-state index in [1.54, 1.807) is 0 Å². The molecule has 0 aromatic rings. The van der Waals surface area contributed by atoms with Crippen molar-refractivity contribution in [1.82, 2.24) is 0 Å². The highest BCUT2D eigenvalue weighted by atomic mass is 31.2. The Morgan fingerprint density at radius 1 is 1.62 bits per heavy atom. The molecule has 0 saturated heterocycles. The smallest absolute Gasteiger partial charge is 0.328 e. The molecule has 6 heteroatoms. The maximum atomic E-state index is 9.81. The second kappa shape index (κ2) is 3.17. The van der Waals surface area contributed by atoms with Crippen LogP contribution in [-0.2, 0) is 9.09 Å². The molecular formula is C2H8NO4P. The first kappa shape index (κ1) is 8.07. The molecule has 0 bridgehead atoms. The van der Waals surface area contributed by atoms with Crippen LogP contribution in [0.1, 0.15) is 0 Å². The largest absolute Gasteiger partial charge is 0.469 e. The standard InChI is InChI=1S/C2H8NO4P/c3-1-2-7-8(4,5)6/h1-3H2,(H2,4,5,6)/i1+1,2+1. The summed E-state index contributed by atoms with van der Waals surface area (Å²) in [6, 6.07) is 0. The molecule has 0 amide bonds. The van der Waals surface area contributed by atoms with Gasteiger partial charge in [-0.2, -0.15) is 0 Å². The van der Waals surface area contributed by atoms with Gasteiger partial charge in [-0.1, -0.05) is 0 Å². The van der Waals surface area contributed by atoms with Crippen LogP contribution in [0.3, 0.4) is 0 Å². The van der Waals surface area contributed by atoms with Crippen LogP contribution in [-0.4, -0.2) is 22.9 Å². The van der Waals surface area contributed by atoms with Gasteiger partial charge in [-0.05, 0) is 0 Å². The number of hydrogen-bond donors (Lipinski definition) is 3. The van der Waals surface area contributed by atoms with Crippen LogP contribution in [0, 0.1) is 0 Å². The van der Waals surface area contributed by atoms with E-state index in [-0.39, 0.29) is 13.2 Å². The molecular weight excluding hydrogens is 135 g/mol. The van der Waals surface area contributed by atoms with Gasteiger partial charge in [0.1, 0.15) is 0 Å². The van der Waals surface area contributed by atoms with E-state index < -0.39 is 7.82 Å². The quantitative estimate of drug-likeness (QED) is 0.350. The van der Waals surface area contributed by atoms with Crippen molar-refractivity contribution < 1.29 is 18.9 Å². The van der Waals surface area contributed by atoms with Gasteiger partial charge in [0.2, 0.25) is 0 Å². The first-order chi connectivity index (χ1) is 3.56. The molecule has 0 rings (SSSR count). The normalized spacial score (nSPS) is 11.9. The molecule has 5 nitrogen and oxygen atoms in total. The molecule has 0 atom stereocenters. The third-order valence-electron chi connectivity index (χ3n) is 0.377. The molecule has 0 aliphatic heterocycles. The van der Waals surface area contributed by atoms with Crippen LogP contribution in [0.4, 0.5) is 0 Å². The molecule has 0 aliphatic rings. The maximum Gasteiger partial charge on any atom is 0.469 e. The average molecular weight is 143 g/mol. The first-order valence-electron chi connectivity index (χ1n) is 1.96. The topological polar surface area (TPSA) is 92.8 Å². The van der Waals surface area contributed by atoms with E-state index in [9.17, 15) is 4.57 Å². The number of hydrogen-bond acceptors (Lipinski definition) is 3. The highest BCUT2D eigenvalue weighted by Crippen LogP contribution is 2.34. The maximum absolute atomic E-state index is 9.81. The highest BCUT2D eigenvalue weighted by molar-refractivity contribution is 7.46. The van der Waals surface area contributed by atoms with Crippen LogP contribution in [0.25, 0.3) is 0 Å². The van der Waals surface area contributed by atoms with Crippen molar-refractivity contribution in [2.45, 2.75) is 0 Å². The van der Waals surface area contributed by atoms with Gasteiger partial charge >= 0.3 is 7.82 Å². The fraction of sp³-hybridized carbons (Fsp3) is 1.00. The summed E-state index contributed by atoms with van der Waals surface area (Å²) in [7, 11) is -4.26. The zero-order chi connectivity index (χ0) is 6.62. The molecule has 0 saturated carbocycles. The van der Waals surface area contributed by atoms with Crippen LogP contribution < -0.4 is 5.73 Å². The third-order valence-corrected chi connectivity index (χ3v) is 0.896. The molecule has 0 fully saturated rings. The highest BCUT2D eigenvalue weighted by Gasteiger charge is 2.11. The van der Waals surface area contributed by atoms with Crippen molar-refractivity contribution in [3.63, 3.8) is 0 Å². The van der Waals surface area contributed by atoms with Crippen molar-refractivity contribution in [1.29, 1.82) is 0 Å². The minimum absolute atomic E-state index is 0.107. The number of nitrogens with two attached hydrogens (primary N) is 1. The number of phosphoric ester groups is 1. The molecule has 0 radical (unpaired) electrons. The Hall–Kier alpha value is 0.0700. The third kappa shape index (κ3) is 6.07. The van der Waals surface area contributed by atoms with E-state index in [0.29, 0.717) is 0 Å². The molecule has 0 heterocycles. The molecule has 50 valence electrons. The van der Waals surface area contributed by atoms with Crippen LogP contribution >= 0.6 is 7.82 Å². The lowest BCUT2D eigenvalue weighted by Gasteiger charge is -2.00. The van der Waals surface area contributed by atoms with Gasteiger partial charge in [-0.15, -0.1) is 0 Å². The second-order valence-electron chi connectivity index (χ2n) is 1.11. The fourth-order valence-corrected chi connectivity index (χ4v) is 0.515. The Kier molecular flexibility index (Phi) is 3.19. The second-order valence-corrected chi connectivity index (χ2v) is 2.35. The zero-order valence-corrected chi connectivity index (χ0v) is 5.04. The van der Waals surface area contributed by atoms with E-state index in [1.165, 1.54) is 0 Å². The monoisotopic (exact) mass is 143 g/mol. The average Bonchev–Trinajstić information content (AvgIpc) is 1.59. The van der Waals surface area contributed by atoms with Gasteiger partial charge in [0.25, 0.3) is 0 Å². The summed E-state index contributed by atoms with van der Waals surface area (Å²) in [6.07, 6.45) is 0. The van der Waals surface area contributed by atoms with Crippen molar-refractivity contribution in [2.24, 2.45) is 5.73 Å². The SMILES string of the molecule is N[13CH2][13CH2]OP(=O)(O)O. The summed E-state index contributed by atoms with van der Waals surface area (Å²) in [6.45, 7) is 0.00931. The molecule has 0 aromatic carbocycles. The molecule has 0 aliphatic carbocycles. The summed E-state index contributed by atoms with van der Waals surface area (Å²) >= 11 is 0. The van der Waals surface area contributed by atoms with Crippen molar-refractivity contribution >= 4 is 7.82 Å². The van der Waals surface area contributed by atoms with Gasteiger partial charge < -0.3 is 15.5 Å². The predicted molar refractivity (Wildman–Crippen MR) is 27.1 cm³/mol. The summed E-state index contributed by atoms with van der Waals surface area (Å²) < 4.78 is 13.7. The van der Waals surface area contributed by atoms with E-state index in [1.807, 2.05) is 0 Å². The van der Waals surface area contributed by atoms with Crippen LogP contribution in [0.2, 0.25) is 0 Å². The van der Waals surface area contributed by atoms with Crippen molar-refractivity contribution in [3.8, 4) is 0 Å². The first-order valence-corrected chi connectivity index (χ1v) is 3.49. The van der Waals surface area contributed by atoms with E-state index in [4.69, 9.17) is 15.5 Å². The van der Waals surface area contributed by atoms with Gasteiger partial charge in [0.05, 0.1) is 6.61 Å². The summed E-state index contributed by atoms with van der Waals surface area (Å²) in [5.41, 5.74) is 4.87. The lowest BCUT2D eigenvalue weighted by molar-refractivity contribution is 0.202. The zero-order valence-electron chi connectivity index (χ0n) is 4.15. The molecule has 8 heavy (non-hydrogen) atoms. The van der Waals surface area contributed by atoms with Crippen LogP contribution in [0.5, 0.6) is 0 Å². The molecule has 0 aromatic heterocycles. The molecule has 0 unspecified atom stereocenters. The molecule has 4 N–H and O–H groups in total. The summed E-state index contributed by atoms with van der Waals surface area (Å²) in [5.74, 6) is 0. The summed E-state index contributed by atoms with van der Waals surface area (Å²) in [4.78, 5) is 16.0. The van der Waals surface area contributed by atoms with Gasteiger partial charge in [-0.25, -0.2) is 4.57 Å². The Morgan fingerprint density at radius 3 is 2.25 bits per heavy atom. The Labute approximate surface area is 46.7 Å². The number of rotatable bonds is 3. The Bertz CT molecular complexity index is 98.2. The summed E-state index contributed by atoms with van der Waals surface area (Å²) in [5, 5.41) is 0. The van der Waals surface area contributed by atoms with Gasteiger partial charge in [0.15, 0.2) is 0 Å². The van der Waals surface area contributed by atoms with Crippen molar-refractivity contribution in [3.05, 3.63) is 0 Å². The Balaban J connectivity index is 3.26. The minimum atomic E-state index is -4.26. The molecule has 0 spiro atoms. The predicted octanol–water partition coefficient (Wildman–Crippen LogP) is -0.946. The lowest BCUT2D eigenvalue weighted by atomic mass is 11.7. The van der Waals surface area contributed by atoms with Gasteiger partial charge in [-0.3, -0.25) is 4.52 Å². The Morgan fingerprint density at radius 2 is 2.12 bits per heavy atom. The van der Waals surface area contributed by atoms with E-state index in [2.05, 4.69) is 4.52 Å². The van der Waals surface area contributed by atoms with Crippen molar-refractivity contribution in [2.75, 3.05) is 13.2 Å². The number of phosphoric acid groups is 1. The lowest BCUT2D eigenvalue weighted by Crippen LogP contribution is -2.06. The van der Waals surface area contributed by atoms with Crippen LogP contribution in [0.15, 0.2) is 0 Å². The minimum Gasteiger partial charge on any atom is -0.328 e. The van der Waals surface area contributed by atoms with E-state index in [0.717, 1.165) is 0 Å². The van der Waals surface area contributed by atoms with E-state index >= 15 is 0 Å².